The van der Waals surface area contributed by atoms with Crippen molar-refractivity contribution in [2.24, 2.45) is 4.99 Å². The van der Waals surface area contributed by atoms with Gasteiger partial charge in [0.2, 0.25) is 0 Å². The van der Waals surface area contributed by atoms with Crippen LogP contribution in [0.2, 0.25) is 5.02 Å². The van der Waals surface area contributed by atoms with E-state index in [2.05, 4.69) is 4.99 Å². The van der Waals surface area contributed by atoms with Crippen molar-refractivity contribution < 1.29 is 5.11 Å². The lowest BCUT2D eigenvalue weighted by Gasteiger charge is -2.33. The number of benzene rings is 2. The third-order valence-corrected chi connectivity index (χ3v) is 4.27. The molecule has 1 atom stereocenters. The molecule has 0 fully saturated rings. The molecular formula is C16H14Cl2N2O. The number of halogens is 2. The fourth-order valence-corrected chi connectivity index (χ4v) is 3.24. The lowest BCUT2D eigenvalue weighted by molar-refractivity contribution is -0.0242. The predicted molar refractivity (Wildman–Crippen MR) is 86.3 cm³/mol. The van der Waals surface area contributed by atoms with E-state index in [-0.39, 0.29) is 12.4 Å². The normalized spacial score (nSPS) is 22.4. The molecule has 2 aromatic rings. The van der Waals surface area contributed by atoms with Gasteiger partial charge in [-0.2, -0.15) is 0 Å². The quantitative estimate of drug-likeness (QED) is 0.876. The number of hydrogen-bond acceptors (Lipinski definition) is 3. The minimum Gasteiger partial charge on any atom is -0.363 e. The van der Waals surface area contributed by atoms with Crippen molar-refractivity contribution in [2.75, 3.05) is 13.1 Å². The molecule has 0 bridgehead atoms. The predicted octanol–water partition coefficient (Wildman–Crippen LogP) is 3.03. The Labute approximate surface area is 134 Å². The fourth-order valence-electron chi connectivity index (χ4n) is 3.11. The first kappa shape index (κ1) is 14.4. The third kappa shape index (κ3) is 1.89. The molecule has 2 aliphatic rings. The van der Waals surface area contributed by atoms with Crippen molar-refractivity contribution in [3.63, 3.8) is 0 Å². The Hall–Kier alpha value is -1.55. The maximum absolute atomic E-state index is 11.4. The highest BCUT2D eigenvalue weighted by atomic mass is 35.5. The van der Waals surface area contributed by atoms with E-state index < -0.39 is 5.72 Å². The van der Waals surface area contributed by atoms with Crippen LogP contribution in [-0.4, -0.2) is 28.9 Å². The molecule has 2 aromatic carbocycles. The largest absolute Gasteiger partial charge is 0.363 e. The molecule has 108 valence electrons. The van der Waals surface area contributed by atoms with Crippen molar-refractivity contribution >= 4 is 29.8 Å². The summed E-state index contributed by atoms with van der Waals surface area (Å²) >= 11 is 5.96. The second-order valence-corrected chi connectivity index (χ2v) is 5.52. The van der Waals surface area contributed by atoms with Crippen molar-refractivity contribution in [2.45, 2.75) is 5.72 Å². The van der Waals surface area contributed by atoms with Crippen LogP contribution in [0.5, 0.6) is 0 Å². The molecule has 21 heavy (non-hydrogen) atoms. The zero-order chi connectivity index (χ0) is 13.7. The first-order valence-electron chi connectivity index (χ1n) is 6.61. The van der Waals surface area contributed by atoms with Crippen LogP contribution in [0.1, 0.15) is 16.7 Å². The minimum absolute atomic E-state index is 0. The molecule has 3 nitrogen and oxygen atoms in total. The second kappa shape index (κ2) is 5.02. The molecule has 1 N–H and O–H groups in total. The highest BCUT2D eigenvalue weighted by Crippen LogP contribution is 2.43. The van der Waals surface area contributed by atoms with Gasteiger partial charge in [-0.1, -0.05) is 48.0 Å². The van der Waals surface area contributed by atoms with E-state index in [1.54, 1.807) is 0 Å². The number of fused-ring (bicyclic) bond motifs is 3. The first-order valence-corrected chi connectivity index (χ1v) is 6.99. The summed E-state index contributed by atoms with van der Waals surface area (Å²) in [5.41, 5.74) is 1.58. The molecule has 0 aromatic heterocycles. The standard InChI is InChI=1S/C16H13ClN2O.ClH/c17-12-7-5-11(6-8-12)16(20)14-4-2-1-3-13(14)15-18-9-10-19(15)16;/h1-8,20H,9-10H2;1H/t16-;/m1./s1. The molecule has 2 aliphatic heterocycles. The third-order valence-electron chi connectivity index (χ3n) is 4.02. The maximum atomic E-state index is 11.4. The van der Waals surface area contributed by atoms with Gasteiger partial charge in [-0.15, -0.1) is 12.4 Å². The van der Waals surface area contributed by atoms with Crippen LogP contribution in [0.4, 0.5) is 0 Å². The van der Waals surface area contributed by atoms with Crippen molar-refractivity contribution in [3.8, 4) is 0 Å². The lowest BCUT2D eigenvalue weighted by atomic mass is 9.94. The zero-order valence-electron chi connectivity index (χ0n) is 11.2. The van der Waals surface area contributed by atoms with Crippen LogP contribution >= 0.6 is 24.0 Å². The van der Waals surface area contributed by atoms with Crippen LogP contribution in [0, 0.1) is 0 Å². The summed E-state index contributed by atoms with van der Waals surface area (Å²) in [5, 5.41) is 12.0. The van der Waals surface area contributed by atoms with Crippen molar-refractivity contribution in [1.29, 1.82) is 0 Å². The minimum atomic E-state index is -1.14. The molecular weight excluding hydrogens is 307 g/mol. The molecule has 5 heteroatoms. The number of aliphatic imine (C=N–C) groups is 1. The molecule has 2 heterocycles. The van der Waals surface area contributed by atoms with Gasteiger partial charge in [0, 0.05) is 28.3 Å². The van der Waals surface area contributed by atoms with E-state index >= 15 is 0 Å². The average Bonchev–Trinajstić information content (AvgIpc) is 3.04. The summed E-state index contributed by atoms with van der Waals surface area (Å²) in [6, 6.07) is 15.3. The monoisotopic (exact) mass is 320 g/mol. The Morgan fingerprint density at radius 2 is 1.81 bits per heavy atom. The maximum Gasteiger partial charge on any atom is 0.193 e. The van der Waals surface area contributed by atoms with Gasteiger partial charge < -0.3 is 10.0 Å². The van der Waals surface area contributed by atoms with Gasteiger partial charge in [0.15, 0.2) is 5.72 Å². The number of nitrogens with zero attached hydrogens (tertiary/aromatic N) is 2. The van der Waals surface area contributed by atoms with E-state index in [1.165, 1.54) is 0 Å². The second-order valence-electron chi connectivity index (χ2n) is 5.08. The molecule has 0 radical (unpaired) electrons. The summed E-state index contributed by atoms with van der Waals surface area (Å²) in [6.45, 7) is 1.45. The highest BCUT2D eigenvalue weighted by Gasteiger charge is 2.49. The van der Waals surface area contributed by atoms with E-state index in [0.29, 0.717) is 5.02 Å². The summed E-state index contributed by atoms with van der Waals surface area (Å²) < 4.78 is 0. The smallest absolute Gasteiger partial charge is 0.193 e. The van der Waals surface area contributed by atoms with E-state index in [9.17, 15) is 5.11 Å². The summed E-state index contributed by atoms with van der Waals surface area (Å²) in [7, 11) is 0. The van der Waals surface area contributed by atoms with Crippen molar-refractivity contribution in [1.82, 2.24) is 4.90 Å². The Morgan fingerprint density at radius 3 is 2.57 bits per heavy atom. The zero-order valence-corrected chi connectivity index (χ0v) is 12.7. The molecule has 0 spiro atoms. The summed E-state index contributed by atoms with van der Waals surface area (Å²) in [6.07, 6.45) is 0. The lowest BCUT2D eigenvalue weighted by Crippen LogP contribution is -2.43. The van der Waals surface area contributed by atoms with Gasteiger partial charge in [0.1, 0.15) is 5.84 Å². The Morgan fingerprint density at radius 1 is 1.10 bits per heavy atom. The van der Waals surface area contributed by atoms with Gasteiger partial charge in [0.25, 0.3) is 0 Å². The van der Waals surface area contributed by atoms with Gasteiger partial charge in [-0.05, 0) is 12.1 Å². The number of amidine groups is 1. The molecule has 0 unspecified atom stereocenters. The summed E-state index contributed by atoms with van der Waals surface area (Å²) in [5.74, 6) is 0.887. The van der Waals surface area contributed by atoms with Gasteiger partial charge in [-0.25, -0.2) is 0 Å². The van der Waals surface area contributed by atoms with Crippen molar-refractivity contribution in [3.05, 3.63) is 70.2 Å². The van der Waals surface area contributed by atoms with Gasteiger partial charge in [-0.3, -0.25) is 4.99 Å². The van der Waals surface area contributed by atoms with E-state index in [0.717, 1.165) is 35.6 Å². The molecule has 0 saturated carbocycles. The van der Waals surface area contributed by atoms with Crippen LogP contribution in [-0.2, 0) is 5.72 Å². The number of aliphatic hydroxyl groups is 1. The Bertz CT molecular complexity index is 714. The molecule has 0 saturated heterocycles. The van der Waals surface area contributed by atoms with Gasteiger partial charge in [0.05, 0.1) is 6.54 Å². The molecule has 0 aliphatic carbocycles. The Kier molecular flexibility index (Phi) is 3.44. The highest BCUT2D eigenvalue weighted by molar-refractivity contribution is 6.30. The fraction of sp³-hybridized carbons (Fsp3) is 0.188. The van der Waals surface area contributed by atoms with E-state index in [4.69, 9.17) is 11.6 Å². The molecule has 4 rings (SSSR count). The van der Waals surface area contributed by atoms with Crippen LogP contribution in [0.3, 0.4) is 0 Å². The summed E-state index contributed by atoms with van der Waals surface area (Å²) in [4.78, 5) is 6.51. The number of rotatable bonds is 1. The van der Waals surface area contributed by atoms with Crippen LogP contribution < -0.4 is 0 Å². The molecule has 0 amide bonds. The van der Waals surface area contributed by atoms with Crippen LogP contribution in [0.25, 0.3) is 0 Å². The topological polar surface area (TPSA) is 35.8 Å². The first-order chi connectivity index (χ1) is 9.71. The van der Waals surface area contributed by atoms with Gasteiger partial charge >= 0.3 is 0 Å². The van der Waals surface area contributed by atoms with E-state index in [1.807, 2.05) is 53.4 Å². The SMILES string of the molecule is Cl.O[C@]1(c2ccc(Cl)cc2)c2ccccc2C2=NCCN21. The van der Waals surface area contributed by atoms with Crippen LogP contribution in [0.15, 0.2) is 53.5 Å². The average molecular weight is 321 g/mol. The number of hydrogen-bond donors (Lipinski definition) is 1. The Balaban J connectivity index is 0.00000132.